The Hall–Kier alpha value is -2.45. The monoisotopic (exact) mass is 353 g/mol. The van der Waals surface area contributed by atoms with Crippen LogP contribution < -0.4 is 5.32 Å². The average molecular weight is 353 g/mol. The highest BCUT2D eigenvalue weighted by molar-refractivity contribution is 6.07. The minimum atomic E-state index is -4.64. The third-order valence-electron chi connectivity index (χ3n) is 4.91. The molecule has 2 aliphatic heterocycles. The Bertz CT molecular complexity index is 767. The second kappa shape index (κ2) is 5.27. The number of fused-ring (bicyclic) bond motifs is 1. The minimum Gasteiger partial charge on any atom is -0.337 e. The summed E-state index contributed by atoms with van der Waals surface area (Å²) in [6, 6.07) is 2.13. The molecule has 3 aliphatic rings. The Morgan fingerprint density at radius 2 is 1.72 bits per heavy atom. The van der Waals surface area contributed by atoms with Crippen LogP contribution >= 0.6 is 0 Å². The summed E-state index contributed by atoms with van der Waals surface area (Å²) in [7, 11) is 0. The number of halogens is 3. The molecule has 1 N–H and O–H groups in total. The van der Waals surface area contributed by atoms with E-state index in [-0.39, 0.29) is 30.3 Å². The second-order valence-electron chi connectivity index (χ2n) is 6.71. The first-order valence-corrected chi connectivity index (χ1v) is 7.97. The minimum absolute atomic E-state index is 0.0313. The standard InChI is InChI=1S/C16H14F3N3O3/c17-16(18,19)12-4-8(3-11(20-12)7-1-2-7)15(25)22-5-9-10(6-22)14(24)21-13(9)23/h3-4,7,9-10H,1-2,5-6H2,(H,21,23,24)/t9-,10+. The molecule has 4 rings (SSSR count). The zero-order chi connectivity index (χ0) is 17.9. The van der Waals surface area contributed by atoms with Crippen molar-refractivity contribution in [3.63, 3.8) is 0 Å². The SMILES string of the molecule is O=C1NC(=O)[C@@H]2CN(C(=O)c3cc(C4CC4)nc(C(F)(F)F)c3)C[C@H]12. The molecule has 1 aromatic rings. The molecule has 1 aromatic heterocycles. The van der Waals surface area contributed by atoms with Crippen LogP contribution in [0.25, 0.3) is 0 Å². The Labute approximate surface area is 140 Å². The van der Waals surface area contributed by atoms with Crippen molar-refractivity contribution in [1.29, 1.82) is 0 Å². The molecule has 2 atom stereocenters. The number of aromatic nitrogens is 1. The number of amides is 3. The van der Waals surface area contributed by atoms with Crippen LogP contribution in [0.1, 0.15) is 40.5 Å². The highest BCUT2D eigenvalue weighted by Crippen LogP contribution is 2.41. The van der Waals surface area contributed by atoms with E-state index in [4.69, 9.17) is 0 Å². The smallest absolute Gasteiger partial charge is 0.337 e. The number of imide groups is 1. The molecule has 3 amide bonds. The van der Waals surface area contributed by atoms with E-state index in [0.29, 0.717) is 0 Å². The van der Waals surface area contributed by atoms with Crippen molar-refractivity contribution in [2.45, 2.75) is 24.9 Å². The zero-order valence-electron chi connectivity index (χ0n) is 13.0. The summed E-state index contributed by atoms with van der Waals surface area (Å²) in [5.74, 6) is -2.76. The molecular weight excluding hydrogens is 339 g/mol. The van der Waals surface area contributed by atoms with Gasteiger partial charge >= 0.3 is 6.18 Å². The summed E-state index contributed by atoms with van der Waals surface area (Å²) in [5.41, 5.74) is -0.920. The van der Waals surface area contributed by atoms with Gasteiger partial charge in [0.15, 0.2) is 0 Å². The highest BCUT2D eigenvalue weighted by atomic mass is 19.4. The molecule has 0 radical (unpaired) electrons. The molecule has 3 heterocycles. The topological polar surface area (TPSA) is 79.4 Å². The molecule has 0 aromatic carbocycles. The molecular formula is C16H14F3N3O3. The largest absolute Gasteiger partial charge is 0.433 e. The molecule has 2 saturated heterocycles. The Morgan fingerprint density at radius 3 is 2.24 bits per heavy atom. The molecule has 9 heteroatoms. The molecule has 0 unspecified atom stereocenters. The van der Waals surface area contributed by atoms with Crippen molar-refractivity contribution in [1.82, 2.24) is 15.2 Å². The number of rotatable bonds is 2. The first kappa shape index (κ1) is 16.0. The molecule has 132 valence electrons. The lowest BCUT2D eigenvalue weighted by atomic mass is 10.00. The molecule has 0 spiro atoms. The van der Waals surface area contributed by atoms with Gasteiger partial charge in [0.1, 0.15) is 5.69 Å². The van der Waals surface area contributed by atoms with E-state index in [1.807, 2.05) is 0 Å². The Kier molecular flexibility index (Phi) is 3.38. The highest BCUT2D eigenvalue weighted by Gasteiger charge is 2.49. The molecule has 1 aliphatic carbocycles. The predicted molar refractivity (Wildman–Crippen MR) is 77.2 cm³/mol. The number of nitrogens with one attached hydrogen (secondary N) is 1. The van der Waals surface area contributed by atoms with Gasteiger partial charge in [0.2, 0.25) is 11.8 Å². The second-order valence-corrected chi connectivity index (χ2v) is 6.71. The van der Waals surface area contributed by atoms with Gasteiger partial charge in [0.25, 0.3) is 5.91 Å². The number of pyridine rings is 1. The molecule has 0 bridgehead atoms. The van der Waals surface area contributed by atoms with Crippen LogP contribution in [-0.4, -0.2) is 40.7 Å². The molecule has 25 heavy (non-hydrogen) atoms. The van der Waals surface area contributed by atoms with Crippen LogP contribution in [0.5, 0.6) is 0 Å². The van der Waals surface area contributed by atoms with Gasteiger partial charge in [0.05, 0.1) is 11.8 Å². The molecule has 1 saturated carbocycles. The van der Waals surface area contributed by atoms with E-state index in [1.54, 1.807) is 0 Å². The quantitative estimate of drug-likeness (QED) is 0.814. The fourth-order valence-corrected chi connectivity index (χ4v) is 3.40. The summed E-state index contributed by atoms with van der Waals surface area (Å²) in [4.78, 5) is 40.9. The summed E-state index contributed by atoms with van der Waals surface area (Å²) < 4.78 is 39.2. The van der Waals surface area contributed by atoms with Crippen LogP contribution in [0, 0.1) is 11.8 Å². The first-order valence-electron chi connectivity index (χ1n) is 7.97. The van der Waals surface area contributed by atoms with Gasteiger partial charge in [-0.3, -0.25) is 19.7 Å². The number of nitrogens with zero attached hydrogens (tertiary/aromatic N) is 2. The predicted octanol–water partition coefficient (Wildman–Crippen LogP) is 1.32. The third-order valence-corrected chi connectivity index (χ3v) is 4.91. The lowest BCUT2D eigenvalue weighted by Gasteiger charge is -2.18. The van der Waals surface area contributed by atoms with E-state index in [0.717, 1.165) is 18.9 Å². The van der Waals surface area contributed by atoms with Crippen LogP contribution in [0.4, 0.5) is 13.2 Å². The van der Waals surface area contributed by atoms with Gasteiger partial charge in [-0.05, 0) is 25.0 Å². The normalized spacial score (nSPS) is 26.0. The van der Waals surface area contributed by atoms with Gasteiger partial charge in [0, 0.05) is 30.3 Å². The average Bonchev–Trinajstić information content (AvgIpc) is 3.24. The Morgan fingerprint density at radius 1 is 1.12 bits per heavy atom. The van der Waals surface area contributed by atoms with Gasteiger partial charge in [-0.1, -0.05) is 0 Å². The van der Waals surface area contributed by atoms with Gasteiger partial charge in [-0.25, -0.2) is 4.98 Å². The molecule has 6 nitrogen and oxygen atoms in total. The van der Waals surface area contributed by atoms with Crippen molar-refractivity contribution in [3.8, 4) is 0 Å². The summed E-state index contributed by atoms with van der Waals surface area (Å²) >= 11 is 0. The van der Waals surface area contributed by atoms with Crippen molar-refractivity contribution in [2.75, 3.05) is 13.1 Å². The van der Waals surface area contributed by atoms with E-state index in [2.05, 4.69) is 10.3 Å². The Balaban J connectivity index is 1.63. The summed E-state index contributed by atoms with van der Waals surface area (Å²) in [6.45, 7) is 0.0625. The van der Waals surface area contributed by atoms with E-state index in [9.17, 15) is 27.6 Å². The van der Waals surface area contributed by atoms with E-state index >= 15 is 0 Å². The van der Waals surface area contributed by atoms with E-state index < -0.39 is 41.4 Å². The first-order chi connectivity index (χ1) is 11.7. The van der Waals surface area contributed by atoms with Crippen molar-refractivity contribution >= 4 is 17.7 Å². The van der Waals surface area contributed by atoms with Crippen molar-refractivity contribution < 1.29 is 27.6 Å². The van der Waals surface area contributed by atoms with Crippen LogP contribution in [-0.2, 0) is 15.8 Å². The summed E-state index contributed by atoms with van der Waals surface area (Å²) in [6.07, 6.45) is -3.13. The number of hydrogen-bond donors (Lipinski definition) is 1. The van der Waals surface area contributed by atoms with Crippen LogP contribution in [0.15, 0.2) is 12.1 Å². The van der Waals surface area contributed by atoms with Gasteiger partial charge < -0.3 is 4.90 Å². The number of hydrogen-bond acceptors (Lipinski definition) is 4. The fourth-order valence-electron chi connectivity index (χ4n) is 3.40. The van der Waals surface area contributed by atoms with Crippen LogP contribution in [0.3, 0.4) is 0 Å². The third kappa shape index (κ3) is 2.77. The maximum atomic E-state index is 13.1. The zero-order valence-corrected chi connectivity index (χ0v) is 13.0. The lowest BCUT2D eigenvalue weighted by Crippen LogP contribution is -2.35. The number of carbonyl (C=O) groups excluding carboxylic acids is 3. The molecule has 3 fully saturated rings. The number of likely N-dealkylation sites (tertiary alicyclic amines) is 1. The number of alkyl halides is 3. The fraction of sp³-hybridized carbons (Fsp3) is 0.500. The summed E-state index contributed by atoms with van der Waals surface area (Å²) in [5, 5.41) is 2.20. The van der Waals surface area contributed by atoms with Crippen LogP contribution in [0.2, 0.25) is 0 Å². The lowest BCUT2D eigenvalue weighted by molar-refractivity contribution is -0.141. The van der Waals surface area contributed by atoms with Gasteiger partial charge in [-0.15, -0.1) is 0 Å². The van der Waals surface area contributed by atoms with Crippen molar-refractivity contribution in [2.24, 2.45) is 11.8 Å². The maximum Gasteiger partial charge on any atom is 0.433 e. The van der Waals surface area contributed by atoms with E-state index in [1.165, 1.54) is 11.0 Å². The maximum absolute atomic E-state index is 13.1. The number of carbonyl (C=O) groups is 3. The van der Waals surface area contributed by atoms with Gasteiger partial charge in [-0.2, -0.15) is 13.2 Å². The van der Waals surface area contributed by atoms with Crippen molar-refractivity contribution in [3.05, 3.63) is 29.1 Å².